The van der Waals surface area contributed by atoms with Gasteiger partial charge in [-0.25, -0.2) is 26.4 Å². The zero-order valence-electron chi connectivity index (χ0n) is 19.6. The minimum atomic E-state index is -4.06. The van der Waals surface area contributed by atoms with Crippen LogP contribution in [0.25, 0.3) is 0 Å². The summed E-state index contributed by atoms with van der Waals surface area (Å²) in [5, 5.41) is 0. The Morgan fingerprint density at radius 3 is 2.26 bits per heavy atom. The van der Waals surface area contributed by atoms with Gasteiger partial charge in [0.15, 0.2) is 0 Å². The predicted molar refractivity (Wildman–Crippen MR) is 132 cm³/mol. The summed E-state index contributed by atoms with van der Waals surface area (Å²) in [7, 11) is -5.44. The zero-order chi connectivity index (χ0) is 24.7. The molecule has 0 aromatic heterocycles. The van der Waals surface area contributed by atoms with E-state index in [1.165, 1.54) is 27.6 Å². The van der Waals surface area contributed by atoms with Crippen molar-refractivity contribution in [3.8, 4) is 0 Å². The molecule has 9 nitrogen and oxygen atoms in total. The summed E-state index contributed by atoms with van der Waals surface area (Å²) in [5.74, 6) is 0. The summed E-state index contributed by atoms with van der Waals surface area (Å²) < 4.78 is 53.6. The lowest BCUT2D eigenvalue weighted by atomic mass is 10.0. The Morgan fingerprint density at radius 1 is 1.00 bits per heavy atom. The van der Waals surface area contributed by atoms with Crippen LogP contribution < -0.4 is 13.9 Å². The number of urea groups is 1. The van der Waals surface area contributed by atoms with Crippen LogP contribution in [0.1, 0.15) is 24.0 Å². The van der Waals surface area contributed by atoms with Gasteiger partial charge in [-0.1, -0.05) is 17.7 Å². The first-order valence-electron chi connectivity index (χ1n) is 11.2. The number of carbonyl (C=O) groups excluding carboxylic acids is 1. The summed E-state index contributed by atoms with van der Waals surface area (Å²) >= 11 is 0. The predicted octanol–water partition coefficient (Wildman–Crippen LogP) is 2.32. The van der Waals surface area contributed by atoms with Gasteiger partial charge in [0.1, 0.15) is 0 Å². The molecule has 0 aliphatic carbocycles. The standard InChI is InChI=1S/C23H30N4O5S2/c1-17-4-7-21(8-5-17)34(31,32)24-23(28)27(19-11-13-25(2)14-12-19)20-6-9-22-18(16-20)10-15-26(22)33(3,29)30/h4-9,16,19H,10-15H2,1-3H3,(H,24,28). The third-order valence-electron chi connectivity index (χ3n) is 6.42. The maximum absolute atomic E-state index is 13.4. The molecule has 2 aliphatic heterocycles. The summed E-state index contributed by atoms with van der Waals surface area (Å²) in [5.41, 5.74) is 2.89. The smallest absolute Gasteiger partial charge is 0.306 e. The fourth-order valence-corrected chi connectivity index (χ4v) is 6.44. The van der Waals surface area contributed by atoms with E-state index in [0.29, 0.717) is 37.2 Å². The number of likely N-dealkylation sites (tertiary alicyclic amines) is 1. The third-order valence-corrected chi connectivity index (χ3v) is 8.94. The molecule has 1 N–H and O–H groups in total. The number of fused-ring (bicyclic) bond motifs is 1. The Kier molecular flexibility index (Phi) is 6.63. The van der Waals surface area contributed by atoms with Crippen LogP contribution in [0.5, 0.6) is 0 Å². The fraction of sp³-hybridized carbons (Fsp3) is 0.435. The van der Waals surface area contributed by atoms with Crippen molar-refractivity contribution >= 4 is 37.5 Å². The van der Waals surface area contributed by atoms with Gasteiger partial charge in [0.25, 0.3) is 10.0 Å². The largest absolute Gasteiger partial charge is 0.336 e. The van der Waals surface area contributed by atoms with Crippen molar-refractivity contribution in [3.63, 3.8) is 0 Å². The molecule has 34 heavy (non-hydrogen) atoms. The molecule has 2 aromatic carbocycles. The number of sulfonamides is 2. The summed E-state index contributed by atoms with van der Waals surface area (Å²) in [6, 6.07) is 10.6. The van der Waals surface area contributed by atoms with Crippen LogP contribution in [0.4, 0.5) is 16.2 Å². The van der Waals surface area contributed by atoms with Crippen LogP contribution >= 0.6 is 0 Å². The van der Waals surface area contributed by atoms with Crippen LogP contribution in [0.3, 0.4) is 0 Å². The van der Waals surface area contributed by atoms with E-state index in [1.807, 2.05) is 14.0 Å². The van der Waals surface area contributed by atoms with Crippen LogP contribution in [0, 0.1) is 6.92 Å². The van der Waals surface area contributed by atoms with E-state index in [0.717, 1.165) is 24.2 Å². The molecule has 2 aliphatic rings. The van der Waals surface area contributed by atoms with E-state index in [4.69, 9.17) is 0 Å². The van der Waals surface area contributed by atoms with E-state index in [1.54, 1.807) is 30.3 Å². The number of hydrogen-bond donors (Lipinski definition) is 1. The molecular formula is C23H30N4O5S2. The molecule has 0 unspecified atom stereocenters. The second kappa shape index (κ2) is 9.20. The minimum absolute atomic E-state index is 0.0209. The number of anilines is 2. The Labute approximate surface area is 201 Å². The highest BCUT2D eigenvalue weighted by Crippen LogP contribution is 2.35. The van der Waals surface area contributed by atoms with E-state index < -0.39 is 26.1 Å². The maximum atomic E-state index is 13.4. The first kappa shape index (κ1) is 24.5. The number of benzene rings is 2. The number of carbonyl (C=O) groups is 1. The van der Waals surface area contributed by atoms with Gasteiger partial charge in [0.2, 0.25) is 10.0 Å². The fourth-order valence-electron chi connectivity index (χ4n) is 4.54. The number of rotatable bonds is 5. The second-order valence-corrected chi connectivity index (χ2v) is 12.6. The molecule has 1 saturated heterocycles. The van der Waals surface area contributed by atoms with E-state index in [-0.39, 0.29) is 10.9 Å². The SMILES string of the molecule is Cc1ccc(S(=O)(=O)NC(=O)N(c2ccc3c(c2)CCN3S(C)(=O)=O)C2CCN(C)CC2)cc1. The van der Waals surface area contributed by atoms with Crippen LogP contribution in [0.15, 0.2) is 47.4 Å². The van der Waals surface area contributed by atoms with Gasteiger partial charge in [0, 0.05) is 18.3 Å². The first-order valence-corrected chi connectivity index (χ1v) is 14.5. The zero-order valence-corrected chi connectivity index (χ0v) is 21.2. The molecule has 0 radical (unpaired) electrons. The van der Waals surface area contributed by atoms with E-state index >= 15 is 0 Å². The average molecular weight is 507 g/mol. The highest BCUT2D eigenvalue weighted by Gasteiger charge is 2.33. The van der Waals surface area contributed by atoms with Crippen molar-refractivity contribution < 1.29 is 21.6 Å². The molecule has 0 spiro atoms. The monoisotopic (exact) mass is 506 g/mol. The highest BCUT2D eigenvalue weighted by molar-refractivity contribution is 7.92. The quantitative estimate of drug-likeness (QED) is 0.667. The van der Waals surface area contributed by atoms with Crippen molar-refractivity contribution in [3.05, 3.63) is 53.6 Å². The van der Waals surface area contributed by atoms with Gasteiger partial charge in [-0.15, -0.1) is 0 Å². The van der Waals surface area contributed by atoms with Crippen molar-refractivity contribution in [1.82, 2.24) is 9.62 Å². The number of nitrogens with one attached hydrogen (secondary N) is 1. The van der Waals surface area contributed by atoms with E-state index in [9.17, 15) is 21.6 Å². The molecule has 4 rings (SSSR count). The number of hydrogen-bond acceptors (Lipinski definition) is 6. The van der Waals surface area contributed by atoms with Crippen molar-refractivity contribution in [2.75, 3.05) is 42.1 Å². The molecule has 1 fully saturated rings. The van der Waals surface area contributed by atoms with Gasteiger partial charge in [-0.2, -0.15) is 0 Å². The second-order valence-electron chi connectivity index (χ2n) is 9.03. The molecule has 0 bridgehead atoms. The lowest BCUT2D eigenvalue weighted by Gasteiger charge is -2.37. The van der Waals surface area contributed by atoms with Crippen LogP contribution in [-0.2, 0) is 26.5 Å². The van der Waals surface area contributed by atoms with Gasteiger partial charge in [0.05, 0.1) is 16.8 Å². The summed E-state index contributed by atoms with van der Waals surface area (Å²) in [4.78, 5) is 17.1. The Bertz CT molecular complexity index is 1290. The van der Waals surface area contributed by atoms with E-state index in [2.05, 4.69) is 9.62 Å². The average Bonchev–Trinajstić information content (AvgIpc) is 3.19. The number of piperidine rings is 1. The molecule has 2 heterocycles. The Morgan fingerprint density at radius 2 is 1.65 bits per heavy atom. The van der Waals surface area contributed by atoms with Crippen molar-refractivity contribution in [2.24, 2.45) is 0 Å². The minimum Gasteiger partial charge on any atom is -0.306 e. The molecule has 184 valence electrons. The number of nitrogens with zero attached hydrogens (tertiary/aromatic N) is 3. The van der Waals surface area contributed by atoms with Crippen molar-refractivity contribution in [2.45, 2.75) is 37.1 Å². The third kappa shape index (κ3) is 5.06. The highest BCUT2D eigenvalue weighted by atomic mass is 32.2. The lowest BCUT2D eigenvalue weighted by molar-refractivity contribution is 0.230. The molecule has 11 heteroatoms. The summed E-state index contributed by atoms with van der Waals surface area (Å²) in [6.07, 6.45) is 3.09. The van der Waals surface area contributed by atoms with Gasteiger partial charge in [-0.05, 0) is 82.2 Å². The van der Waals surface area contributed by atoms with Gasteiger partial charge in [-0.3, -0.25) is 9.21 Å². The lowest BCUT2D eigenvalue weighted by Crippen LogP contribution is -2.51. The maximum Gasteiger partial charge on any atom is 0.336 e. The Balaban J connectivity index is 1.66. The molecule has 2 amide bonds. The molecule has 0 saturated carbocycles. The number of amides is 2. The van der Waals surface area contributed by atoms with Gasteiger partial charge < -0.3 is 4.90 Å². The number of aryl methyl sites for hydroxylation is 1. The normalized spacial score (nSPS) is 17.4. The molecule has 0 atom stereocenters. The topological polar surface area (TPSA) is 107 Å². The Hall–Kier alpha value is -2.63. The first-order chi connectivity index (χ1) is 16.0. The molecular weight excluding hydrogens is 476 g/mol. The summed E-state index contributed by atoms with van der Waals surface area (Å²) in [6.45, 7) is 3.77. The van der Waals surface area contributed by atoms with Crippen molar-refractivity contribution in [1.29, 1.82) is 0 Å². The van der Waals surface area contributed by atoms with Crippen LogP contribution in [0.2, 0.25) is 0 Å². The molecule has 2 aromatic rings. The van der Waals surface area contributed by atoms with Gasteiger partial charge >= 0.3 is 6.03 Å². The van der Waals surface area contributed by atoms with Crippen LogP contribution in [-0.4, -0.2) is 66.7 Å².